The number of hydrogen-bond donors (Lipinski definition) is 1. The first-order valence-corrected chi connectivity index (χ1v) is 12.3. The van der Waals surface area contributed by atoms with Crippen molar-refractivity contribution in [3.63, 3.8) is 0 Å². The van der Waals surface area contributed by atoms with Crippen molar-refractivity contribution in [2.75, 3.05) is 6.61 Å². The lowest BCUT2D eigenvalue weighted by Crippen LogP contribution is -2.54. The molecule has 1 atom stereocenters. The van der Waals surface area contributed by atoms with Crippen LogP contribution in [0.25, 0.3) is 0 Å². The molecule has 6 rings (SSSR count). The first-order chi connectivity index (χ1) is 15.1. The van der Waals surface area contributed by atoms with Gasteiger partial charge in [-0.1, -0.05) is 42.5 Å². The molecule has 2 aromatic carbocycles. The lowest BCUT2D eigenvalue weighted by atomic mass is 9.48. The van der Waals surface area contributed by atoms with Gasteiger partial charge in [-0.3, -0.25) is 0 Å². The van der Waals surface area contributed by atoms with E-state index in [9.17, 15) is 0 Å². The van der Waals surface area contributed by atoms with Crippen LogP contribution in [0.3, 0.4) is 0 Å². The molecule has 4 aliphatic rings. The van der Waals surface area contributed by atoms with E-state index in [1.54, 1.807) is 0 Å². The van der Waals surface area contributed by atoms with Crippen molar-refractivity contribution in [3.05, 3.63) is 59.7 Å². The van der Waals surface area contributed by atoms with Gasteiger partial charge in [-0.25, -0.2) is 0 Å². The first-order valence-electron chi connectivity index (χ1n) is 12.3. The Hall–Kier alpha value is -2.00. The Kier molecular flexibility index (Phi) is 5.97. The monoisotopic (exact) mass is 419 g/mol. The highest BCUT2D eigenvalue weighted by Crippen LogP contribution is 2.61. The van der Waals surface area contributed by atoms with Gasteiger partial charge in [0.1, 0.15) is 6.61 Å². The summed E-state index contributed by atoms with van der Waals surface area (Å²) >= 11 is 0. The van der Waals surface area contributed by atoms with Crippen molar-refractivity contribution in [1.29, 1.82) is 0 Å². The Morgan fingerprint density at radius 3 is 2.23 bits per heavy atom. The van der Waals surface area contributed by atoms with E-state index < -0.39 is 0 Å². The maximum atomic E-state index is 6.32. The number of hydrogen-bond acceptors (Lipinski definition) is 3. The Morgan fingerprint density at radius 2 is 1.58 bits per heavy atom. The van der Waals surface area contributed by atoms with Crippen molar-refractivity contribution in [2.45, 2.75) is 71.6 Å². The normalized spacial score (nSPS) is 29.7. The molecule has 2 aromatic rings. The van der Waals surface area contributed by atoms with Gasteiger partial charge in [-0.15, -0.1) is 0 Å². The van der Waals surface area contributed by atoms with Crippen LogP contribution in [0.4, 0.5) is 0 Å². The summed E-state index contributed by atoms with van der Waals surface area (Å²) in [4.78, 5) is 0. The second-order valence-electron chi connectivity index (χ2n) is 10.3. The second kappa shape index (κ2) is 8.86. The summed E-state index contributed by atoms with van der Waals surface area (Å²) in [5, 5.41) is 3.93. The van der Waals surface area contributed by atoms with Crippen LogP contribution in [-0.4, -0.2) is 12.6 Å². The zero-order valence-corrected chi connectivity index (χ0v) is 19.1. The summed E-state index contributed by atoms with van der Waals surface area (Å²) < 4.78 is 12.2. The van der Waals surface area contributed by atoms with Crippen molar-refractivity contribution >= 4 is 0 Å². The summed E-state index contributed by atoms with van der Waals surface area (Å²) in [7, 11) is 0. The quantitative estimate of drug-likeness (QED) is 0.513. The van der Waals surface area contributed by atoms with Crippen LogP contribution in [0.5, 0.6) is 11.5 Å². The third-order valence-corrected chi connectivity index (χ3v) is 8.19. The van der Waals surface area contributed by atoms with E-state index in [1.165, 1.54) is 49.7 Å². The molecule has 3 nitrogen and oxygen atoms in total. The van der Waals surface area contributed by atoms with Gasteiger partial charge in [0, 0.05) is 18.2 Å². The molecule has 4 bridgehead atoms. The Balaban J connectivity index is 1.30. The minimum absolute atomic E-state index is 0.511. The molecule has 1 N–H and O–H groups in total. The van der Waals surface area contributed by atoms with Crippen LogP contribution in [0.15, 0.2) is 48.5 Å². The van der Waals surface area contributed by atoms with Crippen molar-refractivity contribution in [3.8, 4) is 11.5 Å². The molecule has 0 unspecified atom stereocenters. The Morgan fingerprint density at radius 1 is 0.903 bits per heavy atom. The van der Waals surface area contributed by atoms with Crippen LogP contribution in [0, 0.1) is 23.2 Å². The summed E-state index contributed by atoms with van der Waals surface area (Å²) in [6.07, 6.45) is 8.80. The van der Waals surface area contributed by atoms with Gasteiger partial charge >= 0.3 is 0 Å². The zero-order valence-electron chi connectivity index (χ0n) is 19.1. The maximum Gasteiger partial charge on any atom is 0.166 e. The first kappa shape index (κ1) is 20.9. The van der Waals surface area contributed by atoms with Crippen LogP contribution >= 0.6 is 0 Å². The van der Waals surface area contributed by atoms with E-state index in [-0.39, 0.29) is 0 Å². The average molecular weight is 420 g/mol. The molecule has 0 aromatic heterocycles. The highest BCUT2D eigenvalue weighted by atomic mass is 16.5. The highest BCUT2D eigenvalue weighted by molar-refractivity contribution is 5.47. The van der Waals surface area contributed by atoms with Crippen molar-refractivity contribution < 1.29 is 9.47 Å². The maximum absolute atomic E-state index is 6.32. The van der Waals surface area contributed by atoms with Crippen LogP contribution in [0.2, 0.25) is 0 Å². The van der Waals surface area contributed by atoms with Gasteiger partial charge in [-0.05, 0) is 87.2 Å². The largest absolute Gasteiger partial charge is 0.490 e. The van der Waals surface area contributed by atoms with E-state index in [1.807, 2.05) is 19.1 Å². The van der Waals surface area contributed by atoms with Gasteiger partial charge in [0.05, 0.1) is 6.61 Å². The molecule has 0 radical (unpaired) electrons. The molecule has 166 valence electrons. The second-order valence-corrected chi connectivity index (χ2v) is 10.3. The lowest BCUT2D eigenvalue weighted by molar-refractivity contribution is -0.0706. The summed E-state index contributed by atoms with van der Waals surface area (Å²) in [5.74, 6) is 4.70. The number of para-hydroxylation sites is 1. The molecular weight excluding hydrogens is 382 g/mol. The SMILES string of the molecule is CCOc1cccc(CN[C@H](C)C23CC4CC(CC(C4)C2)C3)c1OCc1ccccc1. The molecule has 4 aliphatic carbocycles. The fraction of sp³-hybridized carbons (Fsp3) is 0.571. The van der Waals surface area contributed by atoms with Gasteiger partial charge < -0.3 is 14.8 Å². The van der Waals surface area contributed by atoms with Crippen molar-refractivity contribution in [1.82, 2.24) is 5.32 Å². The van der Waals surface area contributed by atoms with E-state index in [0.29, 0.717) is 24.7 Å². The molecule has 0 heterocycles. The summed E-state index contributed by atoms with van der Waals surface area (Å²) in [6.45, 7) is 6.49. The third-order valence-electron chi connectivity index (χ3n) is 8.19. The molecule has 3 heteroatoms. The van der Waals surface area contributed by atoms with Crippen LogP contribution in [-0.2, 0) is 13.2 Å². The molecule has 0 amide bonds. The average Bonchev–Trinajstić information content (AvgIpc) is 2.77. The number of benzene rings is 2. The summed E-state index contributed by atoms with van der Waals surface area (Å²) in [6, 6.07) is 17.2. The minimum Gasteiger partial charge on any atom is -0.490 e. The van der Waals surface area contributed by atoms with Gasteiger partial charge in [0.15, 0.2) is 11.5 Å². The predicted octanol–water partition coefficient (Wildman–Crippen LogP) is 6.36. The van der Waals surface area contributed by atoms with E-state index in [0.717, 1.165) is 35.8 Å². The number of ether oxygens (including phenoxy) is 2. The highest BCUT2D eigenvalue weighted by Gasteiger charge is 2.52. The standard InChI is InChI=1S/C28H37NO2/c1-3-30-26-11-7-10-25(27(26)31-19-21-8-5-4-6-9-21)18-29-20(2)28-15-22-12-23(16-28)14-24(13-22)17-28/h4-11,20,22-24,29H,3,12-19H2,1-2H3/t20-,22?,23?,24?,28?/m1/s1. The smallest absolute Gasteiger partial charge is 0.166 e. The van der Waals surface area contributed by atoms with Crippen molar-refractivity contribution in [2.24, 2.45) is 23.2 Å². The fourth-order valence-corrected chi connectivity index (χ4v) is 7.05. The van der Waals surface area contributed by atoms with Crippen LogP contribution < -0.4 is 14.8 Å². The van der Waals surface area contributed by atoms with E-state index in [2.05, 4.69) is 48.6 Å². The van der Waals surface area contributed by atoms with E-state index >= 15 is 0 Å². The van der Waals surface area contributed by atoms with Gasteiger partial charge in [-0.2, -0.15) is 0 Å². The summed E-state index contributed by atoms with van der Waals surface area (Å²) in [5.41, 5.74) is 2.88. The molecule has 31 heavy (non-hydrogen) atoms. The van der Waals surface area contributed by atoms with E-state index in [4.69, 9.17) is 9.47 Å². The fourth-order valence-electron chi connectivity index (χ4n) is 7.05. The van der Waals surface area contributed by atoms with Crippen LogP contribution in [0.1, 0.15) is 63.5 Å². The Bertz CT molecular complexity index is 843. The van der Waals surface area contributed by atoms with Gasteiger partial charge in [0.25, 0.3) is 0 Å². The topological polar surface area (TPSA) is 30.5 Å². The zero-order chi connectivity index (χ0) is 21.3. The molecular formula is C28H37NO2. The number of rotatable bonds is 9. The molecule has 0 aliphatic heterocycles. The molecule has 0 saturated heterocycles. The lowest BCUT2D eigenvalue weighted by Gasteiger charge is -2.59. The predicted molar refractivity (Wildman–Crippen MR) is 125 cm³/mol. The third kappa shape index (κ3) is 4.35. The molecule has 4 saturated carbocycles. The van der Waals surface area contributed by atoms with Gasteiger partial charge in [0.2, 0.25) is 0 Å². The number of nitrogens with one attached hydrogen (secondary N) is 1. The molecule has 4 fully saturated rings. The Labute approximate surface area is 187 Å². The molecule has 0 spiro atoms. The minimum atomic E-state index is 0.511.